The number of phenols is 1. The maximum absolute atomic E-state index is 11.9. The fourth-order valence-corrected chi connectivity index (χ4v) is 4.79. The number of H-pyrrole nitrogens is 1. The van der Waals surface area contributed by atoms with Crippen molar-refractivity contribution in [1.29, 1.82) is 0 Å². The second kappa shape index (κ2) is 12.0. The van der Waals surface area contributed by atoms with Gasteiger partial charge in [-0.05, 0) is 72.6 Å². The average Bonchev–Trinajstić information content (AvgIpc) is 3.24. The summed E-state index contributed by atoms with van der Waals surface area (Å²) in [7, 11) is 0. The molecule has 0 saturated heterocycles. The zero-order chi connectivity index (χ0) is 27.3. The average molecular weight is 511 g/mol. The minimum absolute atomic E-state index is 0.00992. The second-order valence-electron chi connectivity index (χ2n) is 9.33. The summed E-state index contributed by atoms with van der Waals surface area (Å²) in [6.07, 6.45) is 2.52. The zero-order valence-electron chi connectivity index (χ0n) is 21.3. The van der Waals surface area contributed by atoms with E-state index >= 15 is 0 Å². The number of aryl methyl sites for hydroxylation is 3. The van der Waals surface area contributed by atoms with Crippen LogP contribution in [0.2, 0.25) is 0 Å². The predicted octanol–water partition coefficient (Wildman–Crippen LogP) is 3.00. The summed E-state index contributed by atoms with van der Waals surface area (Å²) < 4.78 is 0. The van der Waals surface area contributed by atoms with Crippen molar-refractivity contribution in [2.45, 2.75) is 65.0 Å². The number of carboxylic acids is 2. The number of fused-ring (bicyclic) bond motifs is 2. The Labute approximate surface area is 214 Å². The van der Waals surface area contributed by atoms with Gasteiger partial charge in [0.05, 0.1) is 11.6 Å². The monoisotopic (exact) mass is 510 g/mol. The van der Waals surface area contributed by atoms with Crippen molar-refractivity contribution in [2.24, 2.45) is 0 Å². The third kappa shape index (κ3) is 6.75. The lowest BCUT2D eigenvalue weighted by Crippen LogP contribution is -2.33. The first kappa shape index (κ1) is 27.9. The van der Waals surface area contributed by atoms with Gasteiger partial charge in [0.15, 0.2) is 0 Å². The van der Waals surface area contributed by atoms with Gasteiger partial charge in [-0.15, -0.1) is 0 Å². The highest BCUT2D eigenvalue weighted by atomic mass is 16.4. The molecule has 0 spiro atoms. The maximum atomic E-state index is 11.9. The first-order valence-electron chi connectivity index (χ1n) is 12.4. The molecular formula is C28H34N2O7. The molecule has 9 heteroatoms. The molecule has 9 nitrogen and oxygen atoms in total. The van der Waals surface area contributed by atoms with E-state index in [4.69, 9.17) is 10.2 Å². The minimum Gasteiger partial charge on any atom is -0.506 e. The van der Waals surface area contributed by atoms with Crippen LogP contribution < -0.4 is 10.9 Å². The Bertz CT molecular complexity index is 1320. The van der Waals surface area contributed by atoms with Gasteiger partial charge in [0.1, 0.15) is 12.2 Å². The third-order valence-electron chi connectivity index (χ3n) is 6.69. The molecule has 1 atom stereocenters. The molecule has 6 N–H and O–H groups in total. The van der Waals surface area contributed by atoms with E-state index in [1.807, 2.05) is 0 Å². The highest BCUT2D eigenvalue weighted by molar-refractivity contribution is 5.89. The van der Waals surface area contributed by atoms with Crippen LogP contribution >= 0.6 is 0 Å². The SMILES string of the molecule is CCc1cc2c(cc1CC)CC(NCC(O)c1ccc(O)c3[nH]c(=O)c(C)cc13)C2.O=C(O)CC(=O)O. The quantitative estimate of drug-likeness (QED) is 0.252. The molecule has 0 aliphatic heterocycles. The smallest absolute Gasteiger partial charge is 0.314 e. The van der Waals surface area contributed by atoms with Gasteiger partial charge < -0.3 is 30.7 Å². The van der Waals surface area contributed by atoms with E-state index in [2.05, 4.69) is 36.3 Å². The van der Waals surface area contributed by atoms with E-state index in [9.17, 15) is 24.6 Å². The van der Waals surface area contributed by atoms with E-state index in [-0.39, 0.29) is 11.3 Å². The number of rotatable bonds is 8. The molecule has 37 heavy (non-hydrogen) atoms. The summed E-state index contributed by atoms with van der Waals surface area (Å²) in [5.74, 6) is -2.62. The summed E-state index contributed by atoms with van der Waals surface area (Å²) in [5.41, 5.74) is 7.11. The highest BCUT2D eigenvalue weighted by Gasteiger charge is 2.24. The standard InChI is InChI=1S/C25H30N2O3.C3H4O4/c1-4-15-9-17-11-19(12-18(17)10-16(15)5-2)26-13-23(29)20-6-7-22(28)24-21(20)8-14(3)25(30)27-24;4-2(5)1-3(6)7/h6-10,19,23,26,28-29H,4-5,11-13H2,1-3H3,(H,27,30);1H2,(H,4,5)(H,6,7). The van der Waals surface area contributed by atoms with Crippen molar-refractivity contribution in [3.8, 4) is 5.75 Å². The van der Waals surface area contributed by atoms with Crippen molar-refractivity contribution in [3.05, 3.63) is 74.1 Å². The molecule has 1 heterocycles. The van der Waals surface area contributed by atoms with Gasteiger partial charge in [-0.25, -0.2) is 0 Å². The van der Waals surface area contributed by atoms with Crippen LogP contribution in [0.4, 0.5) is 0 Å². The lowest BCUT2D eigenvalue weighted by molar-refractivity contribution is -0.147. The number of aromatic hydroxyl groups is 1. The summed E-state index contributed by atoms with van der Waals surface area (Å²) in [4.78, 5) is 33.5. The Morgan fingerprint density at radius 3 is 2.08 bits per heavy atom. The Morgan fingerprint density at radius 2 is 1.59 bits per heavy atom. The van der Waals surface area contributed by atoms with Crippen molar-refractivity contribution in [3.63, 3.8) is 0 Å². The number of carboxylic acid groups (broad SMARTS) is 2. The van der Waals surface area contributed by atoms with Gasteiger partial charge in [-0.1, -0.05) is 32.0 Å². The van der Waals surface area contributed by atoms with Gasteiger partial charge >= 0.3 is 11.9 Å². The van der Waals surface area contributed by atoms with Gasteiger partial charge in [0, 0.05) is 23.5 Å². The number of carbonyl (C=O) groups is 2. The van der Waals surface area contributed by atoms with E-state index in [1.54, 1.807) is 19.1 Å². The molecule has 0 fully saturated rings. The molecule has 1 aromatic heterocycles. The number of aliphatic hydroxyl groups excluding tert-OH is 1. The van der Waals surface area contributed by atoms with Gasteiger partial charge in [0.2, 0.25) is 0 Å². The molecule has 0 radical (unpaired) electrons. The summed E-state index contributed by atoms with van der Waals surface area (Å²) >= 11 is 0. The number of pyridine rings is 1. The molecule has 4 rings (SSSR count). The van der Waals surface area contributed by atoms with E-state index < -0.39 is 24.5 Å². The van der Waals surface area contributed by atoms with Crippen LogP contribution in [0.5, 0.6) is 5.75 Å². The molecule has 1 aliphatic carbocycles. The highest BCUT2D eigenvalue weighted by Crippen LogP contribution is 2.30. The van der Waals surface area contributed by atoms with Crippen LogP contribution in [0, 0.1) is 6.92 Å². The van der Waals surface area contributed by atoms with Crippen LogP contribution in [0.1, 0.15) is 59.8 Å². The van der Waals surface area contributed by atoms with Crippen LogP contribution in [0.25, 0.3) is 10.9 Å². The number of hydrogen-bond donors (Lipinski definition) is 6. The number of benzene rings is 2. The van der Waals surface area contributed by atoms with Crippen molar-refractivity contribution in [2.75, 3.05) is 6.54 Å². The predicted molar refractivity (Wildman–Crippen MR) is 140 cm³/mol. The van der Waals surface area contributed by atoms with Crippen LogP contribution in [-0.4, -0.2) is 49.9 Å². The van der Waals surface area contributed by atoms with E-state index in [0.717, 1.165) is 25.7 Å². The molecule has 1 unspecified atom stereocenters. The van der Waals surface area contributed by atoms with Crippen LogP contribution in [0.3, 0.4) is 0 Å². The van der Waals surface area contributed by atoms with Crippen LogP contribution in [0.15, 0.2) is 35.1 Å². The summed E-state index contributed by atoms with van der Waals surface area (Å²) in [6.45, 7) is 6.55. The Kier molecular flexibility index (Phi) is 9.07. The van der Waals surface area contributed by atoms with Gasteiger partial charge in [0.25, 0.3) is 5.56 Å². The lowest BCUT2D eigenvalue weighted by Gasteiger charge is -2.18. The maximum Gasteiger partial charge on any atom is 0.314 e. The Hall–Kier alpha value is -3.69. The Morgan fingerprint density at radius 1 is 1.03 bits per heavy atom. The second-order valence-corrected chi connectivity index (χ2v) is 9.33. The minimum atomic E-state index is -1.31. The number of nitrogens with one attached hydrogen (secondary N) is 2. The van der Waals surface area contributed by atoms with Crippen LogP contribution in [-0.2, 0) is 35.3 Å². The fourth-order valence-electron chi connectivity index (χ4n) is 4.79. The first-order valence-corrected chi connectivity index (χ1v) is 12.4. The fraction of sp³-hybridized carbons (Fsp3) is 0.393. The van der Waals surface area contributed by atoms with E-state index in [0.29, 0.717) is 34.6 Å². The molecule has 3 aromatic rings. The van der Waals surface area contributed by atoms with Gasteiger partial charge in [-0.2, -0.15) is 0 Å². The topological polar surface area (TPSA) is 160 Å². The number of aliphatic carboxylic acids is 2. The summed E-state index contributed by atoms with van der Waals surface area (Å²) in [5, 5.41) is 40.6. The Balaban J connectivity index is 0.000000479. The molecule has 198 valence electrons. The summed E-state index contributed by atoms with van der Waals surface area (Å²) in [6, 6.07) is 10.0. The van der Waals surface area contributed by atoms with Crippen molar-refractivity contribution < 1.29 is 30.0 Å². The lowest BCUT2D eigenvalue weighted by atomic mass is 9.97. The first-order chi connectivity index (χ1) is 17.5. The number of aliphatic hydroxyl groups is 1. The molecule has 0 amide bonds. The third-order valence-corrected chi connectivity index (χ3v) is 6.69. The number of phenolic OH excluding ortho intramolecular Hbond substituents is 1. The van der Waals surface area contributed by atoms with E-state index in [1.165, 1.54) is 28.3 Å². The molecule has 2 aromatic carbocycles. The number of aromatic nitrogens is 1. The van der Waals surface area contributed by atoms with Crippen molar-refractivity contribution in [1.82, 2.24) is 10.3 Å². The molecule has 0 bridgehead atoms. The molecule has 0 saturated carbocycles. The van der Waals surface area contributed by atoms with Gasteiger partial charge in [-0.3, -0.25) is 14.4 Å². The number of aromatic amines is 1. The van der Waals surface area contributed by atoms with Crippen molar-refractivity contribution >= 4 is 22.8 Å². The normalized spacial score (nSPS) is 13.6. The zero-order valence-corrected chi connectivity index (χ0v) is 21.3. The largest absolute Gasteiger partial charge is 0.506 e. The number of hydrogen-bond acceptors (Lipinski definition) is 6. The molecule has 1 aliphatic rings. The molecular weight excluding hydrogens is 476 g/mol.